The van der Waals surface area contributed by atoms with Gasteiger partial charge >= 0.3 is 0 Å². The number of hydrogen-bond acceptors (Lipinski definition) is 4. The Bertz CT molecular complexity index is 477. The van der Waals surface area contributed by atoms with Gasteiger partial charge in [0.1, 0.15) is 4.90 Å². The van der Waals surface area contributed by atoms with Crippen molar-refractivity contribution in [3.8, 4) is 0 Å². The maximum atomic E-state index is 11.9. The van der Waals surface area contributed by atoms with Crippen LogP contribution in [0.25, 0.3) is 0 Å². The first-order valence-corrected chi connectivity index (χ1v) is 7.46. The van der Waals surface area contributed by atoms with Crippen molar-refractivity contribution in [1.29, 1.82) is 0 Å². The number of halogens is 1. The maximum Gasteiger partial charge on any atom is 0.243 e. The molecule has 102 valence electrons. The summed E-state index contributed by atoms with van der Waals surface area (Å²) >= 11 is 5.80. The Morgan fingerprint density at radius 2 is 2.22 bits per heavy atom. The smallest absolute Gasteiger partial charge is 0.243 e. The summed E-state index contributed by atoms with van der Waals surface area (Å²) in [5.41, 5.74) is 0. The third-order valence-electron chi connectivity index (χ3n) is 2.01. The summed E-state index contributed by atoms with van der Waals surface area (Å²) in [7, 11) is -3.62. The number of aromatic nitrogens is 1. The van der Waals surface area contributed by atoms with Gasteiger partial charge in [0, 0.05) is 25.5 Å². The van der Waals surface area contributed by atoms with E-state index < -0.39 is 10.0 Å². The Balaban J connectivity index is 2.49. The average Bonchev–Trinajstić information content (AvgIpc) is 2.28. The largest absolute Gasteiger partial charge is 0.380 e. The fraction of sp³-hybridized carbons (Fsp3) is 0.545. The van der Waals surface area contributed by atoms with Gasteiger partial charge in [-0.3, -0.25) is 4.98 Å². The van der Waals surface area contributed by atoms with Crippen molar-refractivity contribution in [1.82, 2.24) is 9.71 Å². The van der Waals surface area contributed by atoms with E-state index >= 15 is 0 Å². The van der Waals surface area contributed by atoms with E-state index in [1.54, 1.807) is 0 Å². The number of ether oxygens (including phenoxy) is 1. The minimum atomic E-state index is -3.62. The zero-order chi connectivity index (χ0) is 13.6. The van der Waals surface area contributed by atoms with Crippen LogP contribution in [0.5, 0.6) is 0 Å². The zero-order valence-corrected chi connectivity index (χ0v) is 12.0. The second-order valence-electron chi connectivity index (χ2n) is 4.17. The lowest BCUT2D eigenvalue weighted by Gasteiger charge is -2.09. The third-order valence-corrected chi connectivity index (χ3v) is 3.94. The minimum absolute atomic E-state index is 0.0180. The molecule has 0 aromatic carbocycles. The summed E-state index contributed by atoms with van der Waals surface area (Å²) in [6.07, 6.45) is 2.66. The van der Waals surface area contributed by atoms with Crippen LogP contribution in [0.1, 0.15) is 13.8 Å². The number of nitrogens with zero attached hydrogens (tertiary/aromatic N) is 1. The van der Waals surface area contributed by atoms with Crippen molar-refractivity contribution < 1.29 is 13.2 Å². The minimum Gasteiger partial charge on any atom is -0.380 e. The van der Waals surface area contributed by atoms with Gasteiger partial charge in [0.2, 0.25) is 10.0 Å². The molecule has 0 aliphatic heterocycles. The Morgan fingerprint density at radius 1 is 1.50 bits per heavy atom. The first-order chi connectivity index (χ1) is 8.43. The van der Waals surface area contributed by atoms with Crippen molar-refractivity contribution in [2.24, 2.45) is 5.92 Å². The van der Waals surface area contributed by atoms with E-state index in [-0.39, 0.29) is 16.5 Å². The molecule has 0 saturated carbocycles. The van der Waals surface area contributed by atoms with Gasteiger partial charge in [-0.15, -0.1) is 0 Å². The van der Waals surface area contributed by atoms with Crippen LogP contribution < -0.4 is 4.72 Å². The lowest BCUT2D eigenvalue weighted by molar-refractivity contribution is 0.114. The molecule has 0 amide bonds. The van der Waals surface area contributed by atoms with Gasteiger partial charge < -0.3 is 4.74 Å². The summed E-state index contributed by atoms with van der Waals surface area (Å²) in [6.45, 7) is 5.20. The first-order valence-electron chi connectivity index (χ1n) is 5.60. The first kappa shape index (κ1) is 15.4. The molecule has 0 saturated heterocycles. The molecule has 0 fully saturated rings. The highest BCUT2D eigenvalue weighted by atomic mass is 35.5. The molecule has 1 N–H and O–H groups in total. The third kappa shape index (κ3) is 4.89. The number of pyridine rings is 1. The Morgan fingerprint density at radius 3 is 2.83 bits per heavy atom. The molecule has 0 atom stereocenters. The van der Waals surface area contributed by atoms with Crippen molar-refractivity contribution in [2.45, 2.75) is 18.7 Å². The molecule has 5 nitrogen and oxygen atoms in total. The van der Waals surface area contributed by atoms with Crippen LogP contribution in [0.4, 0.5) is 0 Å². The van der Waals surface area contributed by atoms with Gasteiger partial charge in [-0.2, -0.15) is 0 Å². The molecular weight excluding hydrogens is 276 g/mol. The predicted octanol–water partition coefficient (Wildman–Crippen LogP) is 1.69. The molecule has 7 heteroatoms. The molecule has 0 radical (unpaired) electrons. The molecule has 0 bridgehead atoms. The van der Waals surface area contributed by atoms with E-state index in [1.807, 2.05) is 13.8 Å². The standard InChI is InChI=1S/C11H17ClN2O3S/c1-9(2)8-17-6-5-14-18(15,16)11-7-13-4-3-10(11)12/h3-4,7,9,14H,5-6,8H2,1-2H3. The topological polar surface area (TPSA) is 68.3 Å². The predicted molar refractivity (Wildman–Crippen MR) is 70.1 cm³/mol. The van der Waals surface area contributed by atoms with E-state index in [0.29, 0.717) is 19.1 Å². The molecule has 18 heavy (non-hydrogen) atoms. The van der Waals surface area contributed by atoms with Crippen LogP contribution in [0.2, 0.25) is 5.02 Å². The van der Waals surface area contributed by atoms with E-state index in [9.17, 15) is 8.42 Å². The molecule has 0 unspecified atom stereocenters. The molecular formula is C11H17ClN2O3S. The van der Waals surface area contributed by atoms with E-state index in [2.05, 4.69) is 9.71 Å². The number of rotatable bonds is 7. The summed E-state index contributed by atoms with van der Waals surface area (Å²) in [6, 6.07) is 1.44. The van der Waals surface area contributed by atoms with Crippen LogP contribution in [0.3, 0.4) is 0 Å². The van der Waals surface area contributed by atoms with Crippen LogP contribution in [0, 0.1) is 5.92 Å². The second-order valence-corrected chi connectivity index (χ2v) is 6.32. The van der Waals surface area contributed by atoms with Crippen LogP contribution >= 0.6 is 11.6 Å². The van der Waals surface area contributed by atoms with E-state index in [0.717, 1.165) is 0 Å². The van der Waals surface area contributed by atoms with Gasteiger partial charge in [0.05, 0.1) is 11.6 Å². The van der Waals surface area contributed by atoms with Crippen molar-refractivity contribution in [3.05, 3.63) is 23.5 Å². The molecule has 0 aliphatic rings. The lowest BCUT2D eigenvalue weighted by atomic mass is 10.2. The monoisotopic (exact) mass is 292 g/mol. The van der Waals surface area contributed by atoms with E-state index in [4.69, 9.17) is 16.3 Å². The van der Waals surface area contributed by atoms with Crippen molar-refractivity contribution >= 4 is 21.6 Å². The normalized spacial score (nSPS) is 12.0. The molecule has 1 rings (SSSR count). The van der Waals surface area contributed by atoms with Crippen molar-refractivity contribution in [2.75, 3.05) is 19.8 Å². The fourth-order valence-electron chi connectivity index (χ4n) is 1.21. The molecule has 1 aromatic heterocycles. The average molecular weight is 293 g/mol. The molecule has 0 spiro atoms. The van der Waals surface area contributed by atoms with Gasteiger partial charge in [-0.25, -0.2) is 13.1 Å². The highest BCUT2D eigenvalue weighted by Crippen LogP contribution is 2.18. The summed E-state index contributed by atoms with van der Waals surface area (Å²) < 4.78 is 31.4. The Kier molecular flexibility index (Phi) is 6.01. The number of sulfonamides is 1. The second kappa shape index (κ2) is 7.04. The van der Waals surface area contributed by atoms with Gasteiger partial charge in [0.25, 0.3) is 0 Å². The van der Waals surface area contributed by atoms with Crippen molar-refractivity contribution in [3.63, 3.8) is 0 Å². The summed E-state index contributed by atoms with van der Waals surface area (Å²) in [4.78, 5) is 3.73. The molecule has 1 aromatic rings. The Hall–Kier alpha value is -0.690. The van der Waals surface area contributed by atoms with Crippen LogP contribution in [-0.2, 0) is 14.8 Å². The van der Waals surface area contributed by atoms with Gasteiger partial charge in [0.15, 0.2) is 0 Å². The quantitative estimate of drug-likeness (QED) is 0.777. The van der Waals surface area contributed by atoms with Gasteiger partial charge in [-0.1, -0.05) is 25.4 Å². The fourth-order valence-corrected chi connectivity index (χ4v) is 2.65. The highest BCUT2D eigenvalue weighted by molar-refractivity contribution is 7.89. The van der Waals surface area contributed by atoms with Gasteiger partial charge in [-0.05, 0) is 12.0 Å². The summed E-state index contributed by atoms with van der Waals surface area (Å²) in [5, 5.41) is 0.153. The molecule has 1 heterocycles. The Labute approximate surface area is 113 Å². The van der Waals surface area contributed by atoms with Crippen LogP contribution in [-0.4, -0.2) is 33.2 Å². The number of hydrogen-bond donors (Lipinski definition) is 1. The maximum absolute atomic E-state index is 11.9. The summed E-state index contributed by atoms with van der Waals surface area (Å²) in [5.74, 6) is 0.425. The SMILES string of the molecule is CC(C)COCCNS(=O)(=O)c1cnccc1Cl. The highest BCUT2D eigenvalue weighted by Gasteiger charge is 2.17. The zero-order valence-electron chi connectivity index (χ0n) is 10.4. The van der Waals surface area contributed by atoms with Crippen LogP contribution in [0.15, 0.2) is 23.4 Å². The number of nitrogens with one attached hydrogen (secondary N) is 1. The molecule has 0 aliphatic carbocycles. The van der Waals surface area contributed by atoms with E-state index in [1.165, 1.54) is 18.5 Å². The lowest BCUT2D eigenvalue weighted by Crippen LogP contribution is -2.28.